The first-order valence-corrected chi connectivity index (χ1v) is 5.49. The number of benzene rings is 1. The predicted octanol–water partition coefficient (Wildman–Crippen LogP) is 0.959. The molecule has 1 heterocycles. The minimum atomic E-state index is 0.468. The number of nitrogens with two attached hydrogens (primary N) is 1. The Kier molecular flexibility index (Phi) is 3.31. The van der Waals surface area contributed by atoms with Crippen molar-refractivity contribution in [2.45, 2.75) is 13.5 Å². The lowest BCUT2D eigenvalue weighted by atomic mass is 10.1. The van der Waals surface area contributed by atoms with Crippen molar-refractivity contribution in [2.24, 2.45) is 0 Å². The molecule has 0 saturated carbocycles. The number of methoxy groups -OCH3 is 2. The van der Waals surface area contributed by atoms with Crippen LogP contribution < -0.4 is 15.2 Å². The molecule has 18 heavy (non-hydrogen) atoms. The van der Waals surface area contributed by atoms with Crippen LogP contribution in [0.5, 0.6) is 11.5 Å². The zero-order chi connectivity index (χ0) is 13.1. The second-order valence-corrected chi connectivity index (χ2v) is 3.60. The number of aryl methyl sites for hydroxylation is 1. The normalized spacial score (nSPS) is 10.4. The summed E-state index contributed by atoms with van der Waals surface area (Å²) in [5.74, 6) is 1.62. The Labute approximate surface area is 104 Å². The molecule has 0 fully saturated rings. The van der Waals surface area contributed by atoms with E-state index in [4.69, 9.17) is 15.2 Å². The van der Waals surface area contributed by atoms with E-state index in [-0.39, 0.29) is 0 Å². The highest BCUT2D eigenvalue weighted by Crippen LogP contribution is 2.35. The van der Waals surface area contributed by atoms with Gasteiger partial charge in [-0.2, -0.15) is 4.80 Å². The monoisotopic (exact) mass is 249 g/mol. The van der Waals surface area contributed by atoms with Crippen molar-refractivity contribution in [2.75, 3.05) is 20.0 Å². The Bertz CT molecular complexity index is 552. The molecule has 1 aromatic heterocycles. The molecule has 2 rings (SSSR count). The third-order valence-corrected chi connectivity index (χ3v) is 2.53. The van der Waals surface area contributed by atoms with Gasteiger partial charge in [0.15, 0.2) is 11.5 Å². The average molecular weight is 249 g/mol. The molecule has 0 saturated heterocycles. The number of rotatable bonds is 4. The van der Waals surface area contributed by atoms with Crippen molar-refractivity contribution in [1.82, 2.24) is 20.2 Å². The van der Waals surface area contributed by atoms with Gasteiger partial charge in [-0.25, -0.2) is 0 Å². The summed E-state index contributed by atoms with van der Waals surface area (Å²) >= 11 is 0. The average Bonchev–Trinajstić information content (AvgIpc) is 2.86. The van der Waals surface area contributed by atoms with E-state index < -0.39 is 0 Å². The first kappa shape index (κ1) is 12.2. The van der Waals surface area contributed by atoms with Gasteiger partial charge in [-0.15, -0.1) is 10.2 Å². The van der Waals surface area contributed by atoms with Crippen molar-refractivity contribution >= 4 is 5.69 Å². The number of tetrazole rings is 1. The molecule has 0 bridgehead atoms. The van der Waals surface area contributed by atoms with Gasteiger partial charge in [0, 0.05) is 17.3 Å². The number of anilines is 1. The Morgan fingerprint density at radius 1 is 1.22 bits per heavy atom. The summed E-state index contributed by atoms with van der Waals surface area (Å²) in [5.41, 5.74) is 7.14. The van der Waals surface area contributed by atoms with Gasteiger partial charge in [0.2, 0.25) is 5.82 Å². The highest BCUT2D eigenvalue weighted by Gasteiger charge is 2.14. The van der Waals surface area contributed by atoms with Gasteiger partial charge in [0.1, 0.15) is 0 Å². The van der Waals surface area contributed by atoms with E-state index in [0.717, 1.165) is 0 Å². The highest BCUT2D eigenvalue weighted by molar-refractivity contribution is 5.75. The lowest BCUT2D eigenvalue weighted by Crippen LogP contribution is -1.99. The SMILES string of the molecule is CCn1nnc(-c2cc(OC)c(OC)cc2N)n1. The second-order valence-electron chi connectivity index (χ2n) is 3.60. The van der Waals surface area contributed by atoms with E-state index in [1.54, 1.807) is 26.4 Å². The van der Waals surface area contributed by atoms with Gasteiger partial charge in [0.05, 0.1) is 20.8 Å². The van der Waals surface area contributed by atoms with Crippen molar-refractivity contribution in [3.63, 3.8) is 0 Å². The summed E-state index contributed by atoms with van der Waals surface area (Å²) in [7, 11) is 3.12. The molecule has 0 atom stereocenters. The zero-order valence-corrected chi connectivity index (χ0v) is 10.5. The quantitative estimate of drug-likeness (QED) is 0.812. The molecule has 7 nitrogen and oxygen atoms in total. The maximum atomic E-state index is 5.95. The Balaban J connectivity index is 2.50. The van der Waals surface area contributed by atoms with Gasteiger partial charge in [0.25, 0.3) is 0 Å². The number of nitrogen functional groups attached to an aromatic ring is 1. The molecule has 2 aromatic rings. The molecule has 0 aliphatic carbocycles. The number of aromatic nitrogens is 4. The first-order valence-electron chi connectivity index (χ1n) is 5.49. The minimum Gasteiger partial charge on any atom is -0.493 e. The van der Waals surface area contributed by atoms with Crippen LogP contribution >= 0.6 is 0 Å². The molecular formula is C11H15N5O2. The summed E-state index contributed by atoms with van der Waals surface area (Å²) in [6.45, 7) is 2.59. The highest BCUT2D eigenvalue weighted by atomic mass is 16.5. The van der Waals surface area contributed by atoms with Crippen LogP contribution in [-0.4, -0.2) is 34.4 Å². The van der Waals surface area contributed by atoms with Crippen LogP contribution in [0.4, 0.5) is 5.69 Å². The zero-order valence-electron chi connectivity index (χ0n) is 10.5. The van der Waals surface area contributed by atoms with Crippen LogP contribution in [0.2, 0.25) is 0 Å². The van der Waals surface area contributed by atoms with E-state index in [2.05, 4.69) is 15.4 Å². The molecule has 2 N–H and O–H groups in total. The Morgan fingerprint density at radius 3 is 2.44 bits per heavy atom. The molecular weight excluding hydrogens is 234 g/mol. The summed E-state index contributed by atoms with van der Waals surface area (Å²) < 4.78 is 10.4. The molecule has 1 aromatic carbocycles. The van der Waals surface area contributed by atoms with Crippen LogP contribution in [0.15, 0.2) is 12.1 Å². The summed E-state index contributed by atoms with van der Waals surface area (Å²) in [6.07, 6.45) is 0. The fourth-order valence-electron chi connectivity index (χ4n) is 1.57. The summed E-state index contributed by atoms with van der Waals surface area (Å²) in [6, 6.07) is 3.42. The van der Waals surface area contributed by atoms with Crippen molar-refractivity contribution < 1.29 is 9.47 Å². The fraction of sp³-hybridized carbons (Fsp3) is 0.364. The summed E-state index contributed by atoms with van der Waals surface area (Å²) in [4.78, 5) is 1.49. The van der Waals surface area contributed by atoms with Crippen LogP contribution in [-0.2, 0) is 6.54 Å². The summed E-state index contributed by atoms with van der Waals surface area (Å²) in [5, 5.41) is 12.1. The molecule has 96 valence electrons. The number of hydrogen-bond donors (Lipinski definition) is 1. The van der Waals surface area contributed by atoms with Crippen LogP contribution in [0, 0.1) is 0 Å². The van der Waals surface area contributed by atoms with Crippen LogP contribution in [0.25, 0.3) is 11.4 Å². The van der Waals surface area contributed by atoms with Crippen molar-refractivity contribution in [3.05, 3.63) is 12.1 Å². The third kappa shape index (κ3) is 2.06. The van der Waals surface area contributed by atoms with Crippen LogP contribution in [0.3, 0.4) is 0 Å². The van der Waals surface area contributed by atoms with Crippen LogP contribution in [0.1, 0.15) is 6.92 Å². The lowest BCUT2D eigenvalue weighted by Gasteiger charge is -2.10. The fourth-order valence-corrected chi connectivity index (χ4v) is 1.57. The molecule has 0 radical (unpaired) electrons. The van der Waals surface area contributed by atoms with Gasteiger partial charge >= 0.3 is 0 Å². The third-order valence-electron chi connectivity index (χ3n) is 2.53. The Hall–Kier alpha value is -2.31. The number of nitrogens with zero attached hydrogens (tertiary/aromatic N) is 4. The van der Waals surface area contributed by atoms with E-state index in [1.807, 2.05) is 6.92 Å². The number of ether oxygens (including phenoxy) is 2. The van der Waals surface area contributed by atoms with Crippen molar-refractivity contribution in [1.29, 1.82) is 0 Å². The Morgan fingerprint density at radius 2 is 1.89 bits per heavy atom. The van der Waals surface area contributed by atoms with Gasteiger partial charge < -0.3 is 15.2 Å². The van der Waals surface area contributed by atoms with Gasteiger partial charge in [-0.1, -0.05) is 0 Å². The lowest BCUT2D eigenvalue weighted by molar-refractivity contribution is 0.355. The molecule has 7 heteroatoms. The molecule has 0 aliphatic rings. The minimum absolute atomic E-state index is 0.468. The standard InChI is InChI=1S/C11H15N5O2/c1-4-16-14-11(13-15-16)7-5-9(17-2)10(18-3)6-8(7)12/h5-6H,4,12H2,1-3H3. The molecule has 0 amide bonds. The molecule has 0 unspecified atom stereocenters. The topological polar surface area (TPSA) is 88.1 Å². The smallest absolute Gasteiger partial charge is 0.207 e. The van der Waals surface area contributed by atoms with Gasteiger partial charge in [-0.05, 0) is 18.2 Å². The molecule has 0 spiro atoms. The van der Waals surface area contributed by atoms with E-state index >= 15 is 0 Å². The predicted molar refractivity (Wildman–Crippen MR) is 66.4 cm³/mol. The largest absolute Gasteiger partial charge is 0.493 e. The van der Waals surface area contributed by atoms with E-state index in [1.165, 1.54) is 4.80 Å². The van der Waals surface area contributed by atoms with Gasteiger partial charge in [-0.3, -0.25) is 0 Å². The van der Waals surface area contributed by atoms with E-state index in [0.29, 0.717) is 35.1 Å². The maximum Gasteiger partial charge on any atom is 0.207 e. The van der Waals surface area contributed by atoms with Crippen molar-refractivity contribution in [3.8, 4) is 22.9 Å². The second kappa shape index (κ2) is 4.91. The maximum absolute atomic E-state index is 5.95. The van der Waals surface area contributed by atoms with E-state index in [9.17, 15) is 0 Å². The molecule has 0 aliphatic heterocycles. The number of hydrogen-bond acceptors (Lipinski definition) is 6. The first-order chi connectivity index (χ1) is 8.69.